The van der Waals surface area contributed by atoms with Crippen LogP contribution in [0, 0.1) is 0 Å². The van der Waals surface area contributed by atoms with E-state index in [9.17, 15) is 9.59 Å². The van der Waals surface area contributed by atoms with Gasteiger partial charge in [0, 0.05) is 40.7 Å². The van der Waals surface area contributed by atoms with Crippen LogP contribution < -0.4 is 4.74 Å². The molecule has 0 bridgehead atoms. The second-order valence-electron chi connectivity index (χ2n) is 8.74. The molecule has 2 atom stereocenters. The van der Waals surface area contributed by atoms with Crippen molar-refractivity contribution in [1.29, 1.82) is 0 Å². The molecular weight excluding hydrogens is 452 g/mol. The average Bonchev–Trinajstić information content (AvgIpc) is 2.93. The van der Waals surface area contributed by atoms with E-state index in [0.29, 0.717) is 23.9 Å². The number of benzene rings is 2. The summed E-state index contributed by atoms with van der Waals surface area (Å²) in [5, 5.41) is 0.626. The Hall–Kier alpha value is -3.12. The fraction of sp³-hybridized carbons (Fsp3) is 0.370. The van der Waals surface area contributed by atoms with Crippen molar-refractivity contribution in [2.75, 3.05) is 20.3 Å². The van der Waals surface area contributed by atoms with Crippen molar-refractivity contribution in [3.63, 3.8) is 0 Å². The Labute approximate surface area is 205 Å². The molecule has 2 aromatic rings. The Morgan fingerprint density at radius 1 is 1.21 bits per heavy atom. The van der Waals surface area contributed by atoms with Crippen LogP contribution in [0.3, 0.4) is 0 Å². The third kappa shape index (κ3) is 4.73. The summed E-state index contributed by atoms with van der Waals surface area (Å²) in [5.74, 6) is 0.209. The molecule has 7 heteroatoms. The number of hydrogen-bond acceptors (Lipinski definition) is 5. The molecule has 0 aliphatic carbocycles. The summed E-state index contributed by atoms with van der Waals surface area (Å²) in [5.41, 5.74) is 4.41. The lowest BCUT2D eigenvalue weighted by Gasteiger charge is -2.37. The molecule has 2 heterocycles. The summed E-state index contributed by atoms with van der Waals surface area (Å²) >= 11 is 6.15. The van der Waals surface area contributed by atoms with Gasteiger partial charge in [-0.25, -0.2) is 0 Å². The maximum absolute atomic E-state index is 13.0. The average molecular weight is 481 g/mol. The van der Waals surface area contributed by atoms with Crippen LogP contribution in [-0.2, 0) is 14.3 Å². The predicted octanol–water partition coefficient (Wildman–Crippen LogP) is 4.78. The van der Waals surface area contributed by atoms with E-state index in [-0.39, 0.29) is 30.3 Å². The van der Waals surface area contributed by atoms with Crippen LogP contribution >= 0.6 is 11.6 Å². The maximum atomic E-state index is 13.0. The largest absolute Gasteiger partial charge is 0.497 e. The van der Waals surface area contributed by atoms with E-state index in [1.807, 2.05) is 61.2 Å². The first kappa shape index (κ1) is 24.0. The number of carbonyl (C=O) groups is 2. The van der Waals surface area contributed by atoms with E-state index in [1.165, 1.54) is 0 Å². The third-order valence-electron chi connectivity index (χ3n) is 6.32. The summed E-state index contributed by atoms with van der Waals surface area (Å²) in [4.78, 5) is 32.5. The Morgan fingerprint density at radius 2 is 1.94 bits per heavy atom. The Morgan fingerprint density at radius 3 is 2.59 bits per heavy atom. The Balaban J connectivity index is 1.94. The van der Waals surface area contributed by atoms with Gasteiger partial charge in [0.1, 0.15) is 5.75 Å². The molecule has 1 amide bonds. The Kier molecular flexibility index (Phi) is 7.08. The molecule has 0 saturated carbocycles. The van der Waals surface area contributed by atoms with Gasteiger partial charge in [-0.15, -0.1) is 0 Å². The molecule has 2 unspecified atom stereocenters. The summed E-state index contributed by atoms with van der Waals surface area (Å²) in [6.45, 7) is 6.61. The highest BCUT2D eigenvalue weighted by Gasteiger charge is 2.38. The van der Waals surface area contributed by atoms with Crippen LogP contribution in [-0.4, -0.2) is 54.8 Å². The smallest absolute Gasteiger partial charge is 0.308 e. The van der Waals surface area contributed by atoms with Crippen molar-refractivity contribution in [3.05, 3.63) is 75.8 Å². The molecule has 0 saturated heterocycles. The van der Waals surface area contributed by atoms with Gasteiger partial charge in [0.15, 0.2) is 0 Å². The highest BCUT2D eigenvalue weighted by molar-refractivity contribution is 6.30. The second-order valence-corrected chi connectivity index (χ2v) is 9.18. The van der Waals surface area contributed by atoms with Crippen LogP contribution in [0.2, 0.25) is 5.02 Å². The fourth-order valence-corrected chi connectivity index (χ4v) is 4.77. The lowest BCUT2D eigenvalue weighted by atomic mass is 9.81. The van der Waals surface area contributed by atoms with Gasteiger partial charge in [0.05, 0.1) is 31.9 Å². The van der Waals surface area contributed by atoms with Crippen LogP contribution in [0.15, 0.2) is 59.1 Å². The molecule has 4 rings (SSSR count). The standard InChI is InChI=1S/C27H29ClN2O4/c1-5-34-26(32)14-24-21-13-25(31)30(16(2)3)15-23(21)20-11-10-19(33-4)12-22(20)27(29-24)17-6-8-18(28)9-7-17/h6-13,16,23-24H,5,14-15H2,1-4H3. The molecule has 0 spiro atoms. The first-order chi connectivity index (χ1) is 16.3. The van der Waals surface area contributed by atoms with Gasteiger partial charge in [0.2, 0.25) is 5.91 Å². The first-order valence-corrected chi connectivity index (χ1v) is 11.9. The highest BCUT2D eigenvalue weighted by Crippen LogP contribution is 2.41. The quantitative estimate of drug-likeness (QED) is 0.558. The van der Waals surface area contributed by atoms with Gasteiger partial charge in [-0.3, -0.25) is 14.6 Å². The minimum Gasteiger partial charge on any atom is -0.497 e. The lowest BCUT2D eigenvalue weighted by molar-refractivity contribution is -0.143. The number of fused-ring (bicyclic) bond motifs is 3. The van der Waals surface area contributed by atoms with Gasteiger partial charge in [-0.05, 0) is 56.2 Å². The zero-order valence-corrected chi connectivity index (χ0v) is 20.6. The number of esters is 1. The molecule has 0 aromatic heterocycles. The fourth-order valence-electron chi connectivity index (χ4n) is 4.64. The Bertz CT molecular complexity index is 1150. The van der Waals surface area contributed by atoms with Crippen LogP contribution in [0.5, 0.6) is 5.75 Å². The minimum absolute atomic E-state index is 0.0513. The van der Waals surface area contributed by atoms with Gasteiger partial charge < -0.3 is 14.4 Å². The molecule has 2 aromatic carbocycles. The van der Waals surface area contributed by atoms with E-state index >= 15 is 0 Å². The molecule has 0 radical (unpaired) electrons. The van der Waals surface area contributed by atoms with Crippen molar-refractivity contribution in [2.24, 2.45) is 4.99 Å². The number of ether oxygens (including phenoxy) is 2. The topological polar surface area (TPSA) is 68.2 Å². The van der Waals surface area contributed by atoms with E-state index in [1.54, 1.807) is 20.1 Å². The predicted molar refractivity (Wildman–Crippen MR) is 133 cm³/mol. The number of rotatable bonds is 6. The highest BCUT2D eigenvalue weighted by atomic mass is 35.5. The summed E-state index contributed by atoms with van der Waals surface area (Å²) < 4.78 is 10.8. The van der Waals surface area contributed by atoms with E-state index in [0.717, 1.165) is 28.0 Å². The van der Waals surface area contributed by atoms with Crippen molar-refractivity contribution >= 4 is 29.2 Å². The van der Waals surface area contributed by atoms with Crippen LogP contribution in [0.4, 0.5) is 0 Å². The number of carbonyl (C=O) groups excluding carboxylic acids is 2. The summed E-state index contributed by atoms with van der Waals surface area (Å²) in [6.07, 6.45) is 1.73. The van der Waals surface area contributed by atoms with Crippen LogP contribution in [0.25, 0.3) is 0 Å². The van der Waals surface area contributed by atoms with Crippen LogP contribution in [0.1, 0.15) is 49.8 Å². The minimum atomic E-state index is -0.522. The molecule has 0 N–H and O–H groups in total. The molecule has 178 valence electrons. The monoisotopic (exact) mass is 480 g/mol. The first-order valence-electron chi connectivity index (χ1n) is 11.5. The van der Waals surface area contributed by atoms with Crippen molar-refractivity contribution in [1.82, 2.24) is 4.90 Å². The number of aliphatic imine (C=N–C) groups is 1. The van der Waals surface area contributed by atoms with Crippen molar-refractivity contribution < 1.29 is 19.1 Å². The van der Waals surface area contributed by atoms with Gasteiger partial charge in [-0.2, -0.15) is 0 Å². The van der Waals surface area contributed by atoms with Crippen molar-refractivity contribution in [3.8, 4) is 5.75 Å². The maximum Gasteiger partial charge on any atom is 0.308 e. The number of halogens is 1. The molecule has 6 nitrogen and oxygen atoms in total. The number of amides is 1. The van der Waals surface area contributed by atoms with E-state index in [4.69, 9.17) is 26.1 Å². The van der Waals surface area contributed by atoms with Gasteiger partial charge in [0.25, 0.3) is 0 Å². The molecule has 0 fully saturated rings. The SMILES string of the molecule is CCOC(=O)CC1N=C(c2ccc(Cl)cc2)c2cc(OC)ccc2C2CN(C(C)C)C(=O)C=C12. The summed E-state index contributed by atoms with van der Waals surface area (Å²) in [6, 6.07) is 12.9. The van der Waals surface area contributed by atoms with Gasteiger partial charge >= 0.3 is 5.97 Å². The third-order valence-corrected chi connectivity index (χ3v) is 6.57. The zero-order chi connectivity index (χ0) is 24.4. The number of methoxy groups -OCH3 is 1. The number of hydrogen-bond donors (Lipinski definition) is 0. The normalized spacial score (nSPS) is 19.6. The second kappa shape index (κ2) is 10.0. The molecule has 2 aliphatic heterocycles. The van der Waals surface area contributed by atoms with E-state index < -0.39 is 6.04 Å². The lowest BCUT2D eigenvalue weighted by Crippen LogP contribution is -2.44. The molecular formula is C27H29ClN2O4. The van der Waals surface area contributed by atoms with Gasteiger partial charge in [-0.1, -0.05) is 29.8 Å². The summed E-state index contributed by atoms with van der Waals surface area (Å²) in [7, 11) is 1.63. The number of nitrogens with zero attached hydrogens (tertiary/aromatic N) is 2. The van der Waals surface area contributed by atoms with E-state index in [2.05, 4.69) is 0 Å². The molecule has 2 aliphatic rings. The molecule has 34 heavy (non-hydrogen) atoms. The van der Waals surface area contributed by atoms with Crippen molar-refractivity contribution in [2.45, 2.75) is 45.2 Å². The zero-order valence-electron chi connectivity index (χ0n) is 19.9.